The second-order valence-electron chi connectivity index (χ2n) is 4.62. The fraction of sp³-hybridized carbons (Fsp3) is 0.133. The SMILES string of the molecule is COc1ccc(Br)c(Cn2nnn(-c3ccccc3)c2=O)c1. The second kappa shape index (κ2) is 6.15. The molecule has 0 amide bonds. The molecule has 3 aromatic rings. The number of hydrogen-bond donors (Lipinski definition) is 0. The van der Waals surface area contributed by atoms with E-state index in [-0.39, 0.29) is 5.69 Å². The summed E-state index contributed by atoms with van der Waals surface area (Å²) in [5, 5.41) is 7.86. The Kier molecular flexibility index (Phi) is 4.06. The van der Waals surface area contributed by atoms with Gasteiger partial charge in [-0.15, -0.1) is 0 Å². The molecule has 6 nitrogen and oxygen atoms in total. The van der Waals surface area contributed by atoms with Crippen molar-refractivity contribution in [3.05, 3.63) is 69.1 Å². The maximum Gasteiger partial charge on any atom is 0.368 e. The van der Waals surface area contributed by atoms with E-state index in [9.17, 15) is 4.79 Å². The van der Waals surface area contributed by atoms with Gasteiger partial charge in [0.25, 0.3) is 0 Å². The van der Waals surface area contributed by atoms with E-state index < -0.39 is 0 Å². The van der Waals surface area contributed by atoms with E-state index in [1.165, 1.54) is 9.36 Å². The topological polar surface area (TPSA) is 61.9 Å². The van der Waals surface area contributed by atoms with Crippen LogP contribution in [0, 0.1) is 0 Å². The monoisotopic (exact) mass is 360 g/mol. The lowest BCUT2D eigenvalue weighted by atomic mass is 10.2. The number of benzene rings is 2. The Hall–Kier alpha value is -2.41. The lowest BCUT2D eigenvalue weighted by Gasteiger charge is -2.06. The van der Waals surface area contributed by atoms with Crippen molar-refractivity contribution in [2.24, 2.45) is 0 Å². The summed E-state index contributed by atoms with van der Waals surface area (Å²) in [6.07, 6.45) is 0. The van der Waals surface area contributed by atoms with Gasteiger partial charge < -0.3 is 4.74 Å². The summed E-state index contributed by atoms with van der Waals surface area (Å²) in [5.41, 5.74) is 1.28. The Morgan fingerprint density at radius 1 is 1.14 bits per heavy atom. The number of ether oxygens (including phenoxy) is 1. The third-order valence-electron chi connectivity index (χ3n) is 3.21. The van der Waals surface area contributed by atoms with E-state index in [0.717, 1.165) is 15.8 Å². The number of tetrazole rings is 1. The minimum absolute atomic E-state index is 0.291. The molecule has 0 aliphatic carbocycles. The molecule has 0 N–H and O–H groups in total. The molecule has 0 spiro atoms. The van der Waals surface area contributed by atoms with Crippen LogP contribution >= 0.6 is 15.9 Å². The minimum atomic E-state index is -0.291. The Labute approximate surface area is 135 Å². The molecule has 0 atom stereocenters. The fourth-order valence-electron chi connectivity index (χ4n) is 2.07. The van der Waals surface area contributed by atoms with E-state index >= 15 is 0 Å². The van der Waals surface area contributed by atoms with Gasteiger partial charge in [0.2, 0.25) is 0 Å². The molecule has 0 saturated heterocycles. The molecule has 1 heterocycles. The number of para-hydroxylation sites is 1. The van der Waals surface area contributed by atoms with Crippen molar-refractivity contribution in [1.29, 1.82) is 0 Å². The number of aromatic nitrogens is 4. The average molecular weight is 361 g/mol. The molecule has 0 fully saturated rings. The van der Waals surface area contributed by atoms with Crippen molar-refractivity contribution in [2.75, 3.05) is 7.11 Å². The molecule has 1 aromatic heterocycles. The van der Waals surface area contributed by atoms with E-state index in [1.54, 1.807) is 7.11 Å². The van der Waals surface area contributed by atoms with Crippen molar-refractivity contribution in [2.45, 2.75) is 6.54 Å². The molecular formula is C15H13BrN4O2. The lowest BCUT2D eigenvalue weighted by Crippen LogP contribution is -2.24. The van der Waals surface area contributed by atoms with Crippen LogP contribution in [0.25, 0.3) is 5.69 Å². The van der Waals surface area contributed by atoms with E-state index in [4.69, 9.17) is 4.74 Å². The van der Waals surface area contributed by atoms with Crippen molar-refractivity contribution in [3.63, 3.8) is 0 Å². The number of methoxy groups -OCH3 is 1. The highest BCUT2D eigenvalue weighted by molar-refractivity contribution is 9.10. The summed E-state index contributed by atoms with van der Waals surface area (Å²) in [6, 6.07) is 14.8. The molecule has 112 valence electrons. The van der Waals surface area contributed by atoms with Crippen LogP contribution in [0.15, 0.2) is 57.8 Å². The molecule has 22 heavy (non-hydrogen) atoms. The van der Waals surface area contributed by atoms with Crippen molar-refractivity contribution < 1.29 is 4.74 Å². The maximum atomic E-state index is 12.4. The summed E-state index contributed by atoms with van der Waals surface area (Å²) in [7, 11) is 1.60. The Bertz CT molecular complexity index is 842. The third-order valence-corrected chi connectivity index (χ3v) is 3.99. The summed E-state index contributed by atoms with van der Waals surface area (Å²) in [6.45, 7) is 0.309. The number of halogens is 1. The van der Waals surface area contributed by atoms with Gasteiger partial charge in [-0.2, -0.15) is 9.36 Å². The van der Waals surface area contributed by atoms with Gasteiger partial charge in [-0.3, -0.25) is 0 Å². The maximum absolute atomic E-state index is 12.4. The van der Waals surface area contributed by atoms with Gasteiger partial charge in [0, 0.05) is 4.47 Å². The van der Waals surface area contributed by atoms with Crippen LogP contribution in [0.1, 0.15) is 5.56 Å². The molecule has 0 aliphatic rings. The van der Waals surface area contributed by atoms with Gasteiger partial charge in [0.15, 0.2) is 0 Å². The predicted octanol–water partition coefficient (Wildman–Crippen LogP) is 2.25. The van der Waals surface area contributed by atoms with Crippen LogP contribution in [0.5, 0.6) is 5.75 Å². The highest BCUT2D eigenvalue weighted by Crippen LogP contribution is 2.22. The Morgan fingerprint density at radius 2 is 1.91 bits per heavy atom. The molecule has 2 aromatic carbocycles. The quantitative estimate of drug-likeness (QED) is 0.715. The largest absolute Gasteiger partial charge is 0.497 e. The van der Waals surface area contributed by atoms with E-state index in [2.05, 4.69) is 26.4 Å². The van der Waals surface area contributed by atoms with Gasteiger partial charge >= 0.3 is 5.69 Å². The summed E-state index contributed by atoms with van der Waals surface area (Å²) < 4.78 is 8.67. The molecule has 0 aliphatic heterocycles. The molecule has 0 radical (unpaired) electrons. The van der Waals surface area contributed by atoms with E-state index in [1.807, 2.05) is 48.5 Å². The van der Waals surface area contributed by atoms with Gasteiger partial charge in [-0.05, 0) is 46.3 Å². The molecule has 3 rings (SSSR count). The van der Waals surface area contributed by atoms with Crippen LogP contribution in [0.3, 0.4) is 0 Å². The van der Waals surface area contributed by atoms with E-state index in [0.29, 0.717) is 12.2 Å². The standard InChI is InChI=1S/C15H13BrN4O2/c1-22-13-7-8-14(16)11(9-13)10-19-15(21)20(18-17-19)12-5-3-2-4-6-12/h2-9H,10H2,1H3. The highest BCUT2D eigenvalue weighted by atomic mass is 79.9. The average Bonchev–Trinajstić information content (AvgIpc) is 2.91. The van der Waals surface area contributed by atoms with Gasteiger partial charge in [0.05, 0.1) is 19.3 Å². The van der Waals surface area contributed by atoms with Crippen molar-refractivity contribution in [1.82, 2.24) is 19.8 Å². The van der Waals surface area contributed by atoms with Crippen molar-refractivity contribution >= 4 is 15.9 Å². The highest BCUT2D eigenvalue weighted by Gasteiger charge is 2.11. The normalized spacial score (nSPS) is 10.6. The molecule has 0 unspecified atom stereocenters. The van der Waals surface area contributed by atoms with Crippen LogP contribution in [0.4, 0.5) is 0 Å². The van der Waals surface area contributed by atoms with Crippen LogP contribution in [0.2, 0.25) is 0 Å². The third kappa shape index (κ3) is 2.80. The first kappa shape index (κ1) is 14.5. The zero-order chi connectivity index (χ0) is 15.5. The zero-order valence-electron chi connectivity index (χ0n) is 11.8. The first-order valence-corrected chi connectivity index (χ1v) is 7.39. The Morgan fingerprint density at radius 3 is 2.64 bits per heavy atom. The summed E-state index contributed by atoms with van der Waals surface area (Å²) >= 11 is 3.47. The number of rotatable bonds is 4. The second-order valence-corrected chi connectivity index (χ2v) is 5.48. The first-order chi connectivity index (χ1) is 10.7. The van der Waals surface area contributed by atoms with Crippen LogP contribution in [-0.4, -0.2) is 26.9 Å². The Balaban J connectivity index is 1.95. The van der Waals surface area contributed by atoms with Gasteiger partial charge in [-0.1, -0.05) is 34.1 Å². The van der Waals surface area contributed by atoms with Gasteiger partial charge in [-0.25, -0.2) is 4.79 Å². The number of nitrogens with zero attached hydrogens (tertiary/aromatic N) is 4. The van der Waals surface area contributed by atoms with Crippen molar-refractivity contribution in [3.8, 4) is 11.4 Å². The lowest BCUT2D eigenvalue weighted by molar-refractivity contribution is 0.414. The fourth-order valence-corrected chi connectivity index (χ4v) is 2.44. The molecule has 0 saturated carbocycles. The summed E-state index contributed by atoms with van der Waals surface area (Å²) in [4.78, 5) is 12.4. The molecule has 0 bridgehead atoms. The summed E-state index contributed by atoms with van der Waals surface area (Å²) in [5.74, 6) is 0.724. The zero-order valence-corrected chi connectivity index (χ0v) is 13.4. The minimum Gasteiger partial charge on any atom is -0.497 e. The van der Waals surface area contributed by atoms with Gasteiger partial charge in [0.1, 0.15) is 5.75 Å². The molecule has 7 heteroatoms. The van der Waals surface area contributed by atoms with Crippen LogP contribution in [-0.2, 0) is 6.54 Å². The molecular weight excluding hydrogens is 348 g/mol. The van der Waals surface area contributed by atoms with Crippen LogP contribution < -0.4 is 10.4 Å². The first-order valence-electron chi connectivity index (χ1n) is 6.59. The predicted molar refractivity (Wildman–Crippen MR) is 85.4 cm³/mol. The smallest absolute Gasteiger partial charge is 0.368 e. The number of hydrogen-bond acceptors (Lipinski definition) is 4.